The molecule has 0 saturated heterocycles. The third-order valence-corrected chi connectivity index (χ3v) is 3.40. The van der Waals surface area contributed by atoms with Gasteiger partial charge in [-0.15, -0.1) is 0 Å². The molecule has 2 aromatic carbocycles. The number of benzene rings is 2. The summed E-state index contributed by atoms with van der Waals surface area (Å²) < 4.78 is 5.07. The molecule has 3 aromatic rings. The average molecular weight is 292 g/mol. The fourth-order valence-electron chi connectivity index (χ4n) is 2.40. The summed E-state index contributed by atoms with van der Waals surface area (Å²) in [6.07, 6.45) is 0. The molecule has 4 heteroatoms. The number of amides is 1. The Kier molecular flexibility index (Phi) is 4.01. The second-order valence-electron chi connectivity index (χ2n) is 5.08. The van der Waals surface area contributed by atoms with E-state index in [9.17, 15) is 4.79 Å². The van der Waals surface area contributed by atoms with E-state index in [0.29, 0.717) is 5.88 Å². The first kappa shape index (κ1) is 14.1. The van der Waals surface area contributed by atoms with Gasteiger partial charge in [0.15, 0.2) is 0 Å². The van der Waals surface area contributed by atoms with Gasteiger partial charge in [0.2, 0.25) is 11.8 Å². The van der Waals surface area contributed by atoms with Gasteiger partial charge >= 0.3 is 0 Å². The molecule has 0 aliphatic rings. The number of carbonyl (C=O) groups excluding carboxylic acids is 1. The van der Waals surface area contributed by atoms with Crippen molar-refractivity contribution in [1.82, 2.24) is 5.16 Å². The number of hydrogen-bond donors (Lipinski definition) is 1. The van der Waals surface area contributed by atoms with E-state index in [1.165, 1.54) is 0 Å². The molecule has 1 heterocycles. The molecule has 1 N–H and O–H groups in total. The van der Waals surface area contributed by atoms with E-state index in [2.05, 4.69) is 10.5 Å². The minimum atomic E-state index is -0.396. The maximum atomic E-state index is 12.7. The van der Waals surface area contributed by atoms with Crippen LogP contribution in [0.15, 0.2) is 71.3 Å². The first-order valence-electron chi connectivity index (χ1n) is 7.08. The largest absolute Gasteiger partial charge is 0.338 e. The molecule has 0 unspecified atom stereocenters. The van der Waals surface area contributed by atoms with Crippen LogP contribution in [0.5, 0.6) is 0 Å². The van der Waals surface area contributed by atoms with Gasteiger partial charge in [0.05, 0.1) is 11.6 Å². The van der Waals surface area contributed by atoms with Crippen LogP contribution >= 0.6 is 0 Å². The summed E-state index contributed by atoms with van der Waals surface area (Å²) in [5, 5.41) is 6.58. The Hall–Kier alpha value is -2.88. The highest BCUT2D eigenvalue weighted by Crippen LogP contribution is 2.26. The molecule has 110 valence electrons. The minimum Gasteiger partial charge on any atom is -0.338 e. The van der Waals surface area contributed by atoms with E-state index in [1.807, 2.05) is 67.6 Å². The molecule has 0 aliphatic heterocycles. The first-order valence-corrected chi connectivity index (χ1v) is 7.08. The number of hydrogen-bond acceptors (Lipinski definition) is 3. The smallest absolute Gasteiger partial charge is 0.238 e. The maximum absolute atomic E-state index is 12.7. The van der Waals surface area contributed by atoms with Crippen molar-refractivity contribution in [1.29, 1.82) is 0 Å². The van der Waals surface area contributed by atoms with Crippen LogP contribution in [0.2, 0.25) is 0 Å². The van der Waals surface area contributed by atoms with Gasteiger partial charge < -0.3 is 4.52 Å². The van der Waals surface area contributed by atoms with Crippen molar-refractivity contribution in [2.24, 2.45) is 0 Å². The fourth-order valence-corrected chi connectivity index (χ4v) is 2.40. The Labute approximate surface area is 128 Å². The summed E-state index contributed by atoms with van der Waals surface area (Å²) in [5.41, 5.74) is 2.59. The molecular formula is C18H16N2O2. The van der Waals surface area contributed by atoms with Crippen molar-refractivity contribution in [2.45, 2.75) is 12.8 Å². The van der Waals surface area contributed by atoms with Gasteiger partial charge in [-0.25, -0.2) is 0 Å². The Balaban J connectivity index is 1.93. The standard InChI is InChI=1S/C18H16N2O2/c1-13-12-16(22-20-13)19-18(21)17(14-8-4-2-5-9-14)15-10-6-3-7-11-15/h2-12,17H,1H3,(H,19,21). The molecule has 0 fully saturated rings. The van der Waals surface area contributed by atoms with Crippen molar-refractivity contribution < 1.29 is 9.32 Å². The van der Waals surface area contributed by atoms with E-state index in [4.69, 9.17) is 4.52 Å². The van der Waals surface area contributed by atoms with Gasteiger partial charge in [-0.3, -0.25) is 10.1 Å². The topological polar surface area (TPSA) is 55.1 Å². The number of aromatic nitrogens is 1. The number of nitrogens with one attached hydrogen (secondary N) is 1. The lowest BCUT2D eigenvalue weighted by atomic mass is 9.90. The lowest BCUT2D eigenvalue weighted by Gasteiger charge is -2.16. The predicted molar refractivity (Wildman–Crippen MR) is 84.6 cm³/mol. The van der Waals surface area contributed by atoms with E-state index < -0.39 is 5.92 Å². The van der Waals surface area contributed by atoms with Gasteiger partial charge in [-0.05, 0) is 18.1 Å². The molecule has 1 aromatic heterocycles. The minimum absolute atomic E-state index is 0.145. The van der Waals surface area contributed by atoms with Gasteiger partial charge in [0, 0.05) is 6.07 Å². The normalized spacial score (nSPS) is 10.6. The number of nitrogens with zero attached hydrogens (tertiary/aromatic N) is 1. The van der Waals surface area contributed by atoms with Crippen LogP contribution in [0.3, 0.4) is 0 Å². The van der Waals surface area contributed by atoms with Gasteiger partial charge in [0.1, 0.15) is 0 Å². The maximum Gasteiger partial charge on any atom is 0.238 e. The molecule has 22 heavy (non-hydrogen) atoms. The van der Waals surface area contributed by atoms with Crippen LogP contribution < -0.4 is 5.32 Å². The molecule has 0 spiro atoms. The zero-order valence-corrected chi connectivity index (χ0v) is 12.2. The van der Waals surface area contributed by atoms with Crippen molar-refractivity contribution in [3.8, 4) is 0 Å². The van der Waals surface area contributed by atoms with Gasteiger partial charge in [-0.2, -0.15) is 0 Å². The lowest BCUT2D eigenvalue weighted by molar-refractivity contribution is -0.116. The van der Waals surface area contributed by atoms with Crippen LogP contribution in [0, 0.1) is 6.92 Å². The quantitative estimate of drug-likeness (QED) is 0.796. The van der Waals surface area contributed by atoms with E-state index in [1.54, 1.807) is 6.07 Å². The van der Waals surface area contributed by atoms with E-state index >= 15 is 0 Å². The Bertz CT molecular complexity index is 712. The lowest BCUT2D eigenvalue weighted by Crippen LogP contribution is -2.21. The highest BCUT2D eigenvalue weighted by atomic mass is 16.5. The van der Waals surface area contributed by atoms with Crippen molar-refractivity contribution in [3.63, 3.8) is 0 Å². The van der Waals surface area contributed by atoms with Crippen molar-refractivity contribution >= 4 is 11.8 Å². The third-order valence-electron chi connectivity index (χ3n) is 3.40. The Morgan fingerprint density at radius 3 is 2.00 bits per heavy atom. The molecule has 0 atom stereocenters. The third kappa shape index (κ3) is 3.06. The number of rotatable bonds is 4. The first-order chi connectivity index (χ1) is 10.7. The van der Waals surface area contributed by atoms with Crippen molar-refractivity contribution in [3.05, 3.63) is 83.6 Å². The molecule has 3 rings (SSSR count). The van der Waals surface area contributed by atoms with Crippen LogP contribution in [-0.4, -0.2) is 11.1 Å². The van der Waals surface area contributed by atoms with Crippen LogP contribution in [0.4, 0.5) is 5.88 Å². The summed E-state index contributed by atoms with van der Waals surface area (Å²) in [6.45, 7) is 1.81. The molecule has 0 bridgehead atoms. The molecule has 0 aliphatic carbocycles. The highest BCUT2D eigenvalue weighted by Gasteiger charge is 2.23. The van der Waals surface area contributed by atoms with Gasteiger partial charge in [-0.1, -0.05) is 65.8 Å². The second kappa shape index (κ2) is 6.26. The zero-order valence-electron chi connectivity index (χ0n) is 12.2. The number of carbonyl (C=O) groups is 1. The summed E-state index contributed by atoms with van der Waals surface area (Å²) in [4.78, 5) is 12.7. The Morgan fingerprint density at radius 2 is 1.55 bits per heavy atom. The summed E-state index contributed by atoms with van der Waals surface area (Å²) >= 11 is 0. The summed E-state index contributed by atoms with van der Waals surface area (Å²) in [6, 6.07) is 21.1. The Morgan fingerprint density at radius 1 is 1.00 bits per heavy atom. The van der Waals surface area contributed by atoms with Crippen LogP contribution in [-0.2, 0) is 4.79 Å². The molecule has 0 saturated carbocycles. The molecule has 1 amide bonds. The predicted octanol–water partition coefficient (Wildman–Crippen LogP) is 3.75. The number of anilines is 1. The van der Waals surface area contributed by atoms with Crippen LogP contribution in [0.1, 0.15) is 22.7 Å². The average Bonchev–Trinajstić information content (AvgIpc) is 2.95. The van der Waals surface area contributed by atoms with Crippen LogP contribution in [0.25, 0.3) is 0 Å². The van der Waals surface area contributed by atoms with E-state index in [0.717, 1.165) is 16.8 Å². The second-order valence-corrected chi connectivity index (χ2v) is 5.08. The summed E-state index contributed by atoms with van der Waals surface area (Å²) in [7, 11) is 0. The zero-order chi connectivity index (χ0) is 15.4. The van der Waals surface area contributed by atoms with Gasteiger partial charge in [0.25, 0.3) is 0 Å². The summed E-state index contributed by atoms with van der Waals surface area (Å²) in [5.74, 6) is -0.180. The van der Waals surface area contributed by atoms with E-state index in [-0.39, 0.29) is 5.91 Å². The molecular weight excluding hydrogens is 276 g/mol. The highest BCUT2D eigenvalue weighted by molar-refractivity contribution is 5.97. The molecule has 0 radical (unpaired) electrons. The molecule has 4 nitrogen and oxygen atoms in total. The van der Waals surface area contributed by atoms with Crippen molar-refractivity contribution in [2.75, 3.05) is 5.32 Å². The number of aryl methyl sites for hydroxylation is 1. The fraction of sp³-hybridized carbons (Fsp3) is 0.111. The monoisotopic (exact) mass is 292 g/mol. The SMILES string of the molecule is Cc1cc(NC(=O)C(c2ccccc2)c2ccccc2)on1.